The van der Waals surface area contributed by atoms with Gasteiger partial charge in [-0.15, -0.1) is 11.3 Å². The van der Waals surface area contributed by atoms with Crippen molar-refractivity contribution >= 4 is 22.9 Å². The molecule has 16 heavy (non-hydrogen) atoms. The first kappa shape index (κ1) is 11.5. The molecular weight excluding hydrogens is 244 g/mol. The van der Waals surface area contributed by atoms with E-state index in [1.165, 1.54) is 11.3 Å². The number of aryl methyl sites for hydroxylation is 1. The van der Waals surface area contributed by atoms with Crippen molar-refractivity contribution in [3.63, 3.8) is 0 Å². The minimum atomic E-state index is -0.601. The molecule has 3 nitrogen and oxygen atoms in total. The lowest BCUT2D eigenvalue weighted by atomic mass is 10.1. The molecule has 0 spiro atoms. The van der Waals surface area contributed by atoms with Gasteiger partial charge in [-0.2, -0.15) is 0 Å². The van der Waals surface area contributed by atoms with Gasteiger partial charge in [0.05, 0.1) is 10.0 Å². The van der Waals surface area contributed by atoms with Crippen LogP contribution in [0.15, 0.2) is 24.4 Å². The summed E-state index contributed by atoms with van der Waals surface area (Å²) in [7, 11) is 0. The Morgan fingerprint density at radius 1 is 1.44 bits per heavy atom. The highest BCUT2D eigenvalue weighted by molar-refractivity contribution is 7.16. The summed E-state index contributed by atoms with van der Waals surface area (Å²) in [4.78, 5) is 9.23. The summed E-state index contributed by atoms with van der Waals surface area (Å²) in [6.07, 6.45) is 1.59. The van der Waals surface area contributed by atoms with Crippen LogP contribution in [0.2, 0.25) is 4.34 Å². The molecule has 1 atom stereocenters. The monoisotopic (exact) mass is 254 g/mol. The summed E-state index contributed by atoms with van der Waals surface area (Å²) in [6, 6.07) is 5.48. The van der Waals surface area contributed by atoms with E-state index in [-0.39, 0.29) is 0 Å². The quantitative estimate of drug-likeness (QED) is 0.916. The third-order valence-corrected chi connectivity index (χ3v) is 3.42. The van der Waals surface area contributed by atoms with E-state index >= 15 is 0 Å². The van der Waals surface area contributed by atoms with E-state index in [1.807, 2.05) is 12.1 Å². The summed E-state index contributed by atoms with van der Waals surface area (Å²) in [5, 5.41) is 9.98. The molecule has 0 aliphatic carbocycles. The Morgan fingerprint density at radius 3 is 2.88 bits per heavy atom. The zero-order valence-electron chi connectivity index (χ0n) is 8.72. The van der Waals surface area contributed by atoms with Crippen LogP contribution in [0, 0.1) is 6.92 Å². The van der Waals surface area contributed by atoms with Crippen LogP contribution in [0.1, 0.15) is 22.5 Å². The van der Waals surface area contributed by atoms with Gasteiger partial charge in [-0.3, -0.25) is 0 Å². The maximum Gasteiger partial charge on any atom is 0.125 e. The third-order valence-electron chi connectivity index (χ3n) is 2.16. The maximum absolute atomic E-state index is 9.98. The second-order valence-electron chi connectivity index (χ2n) is 3.45. The number of aliphatic hydroxyl groups is 1. The van der Waals surface area contributed by atoms with E-state index in [2.05, 4.69) is 9.97 Å². The maximum atomic E-state index is 9.98. The van der Waals surface area contributed by atoms with Crippen molar-refractivity contribution in [1.82, 2.24) is 9.97 Å². The highest BCUT2D eigenvalue weighted by atomic mass is 35.5. The lowest BCUT2D eigenvalue weighted by Crippen LogP contribution is -2.04. The van der Waals surface area contributed by atoms with E-state index in [1.54, 1.807) is 19.2 Å². The highest BCUT2D eigenvalue weighted by Crippen LogP contribution is 2.25. The molecule has 0 aliphatic rings. The Kier molecular flexibility index (Phi) is 3.53. The van der Waals surface area contributed by atoms with E-state index in [0.717, 1.165) is 9.21 Å². The first-order valence-electron chi connectivity index (χ1n) is 4.87. The number of aromatic nitrogens is 2. The number of halogens is 1. The van der Waals surface area contributed by atoms with Gasteiger partial charge in [0.25, 0.3) is 0 Å². The molecule has 5 heteroatoms. The first-order chi connectivity index (χ1) is 7.65. The number of rotatable bonds is 3. The van der Waals surface area contributed by atoms with Crippen LogP contribution in [-0.2, 0) is 6.42 Å². The van der Waals surface area contributed by atoms with Gasteiger partial charge < -0.3 is 5.11 Å². The Morgan fingerprint density at radius 2 is 2.25 bits per heavy atom. The predicted octanol–water partition coefficient (Wildman–Crippen LogP) is 2.78. The van der Waals surface area contributed by atoms with Crippen molar-refractivity contribution in [2.24, 2.45) is 0 Å². The third kappa shape index (κ3) is 2.78. The Labute approximate surface area is 103 Å². The van der Waals surface area contributed by atoms with Crippen molar-refractivity contribution in [2.75, 3.05) is 0 Å². The minimum Gasteiger partial charge on any atom is -0.386 e. The van der Waals surface area contributed by atoms with Gasteiger partial charge in [0, 0.05) is 17.5 Å². The number of nitrogens with zero attached hydrogens (tertiary/aromatic N) is 2. The topological polar surface area (TPSA) is 46.0 Å². The van der Waals surface area contributed by atoms with Crippen molar-refractivity contribution < 1.29 is 5.11 Å². The summed E-state index contributed by atoms with van der Waals surface area (Å²) in [5.41, 5.74) is 0.650. The fourth-order valence-electron chi connectivity index (χ4n) is 1.42. The molecule has 2 aromatic heterocycles. The van der Waals surface area contributed by atoms with Gasteiger partial charge in [0.1, 0.15) is 11.9 Å². The molecule has 0 fully saturated rings. The molecule has 0 amide bonds. The van der Waals surface area contributed by atoms with Gasteiger partial charge in [0.2, 0.25) is 0 Å². The zero-order valence-corrected chi connectivity index (χ0v) is 10.3. The van der Waals surface area contributed by atoms with Crippen LogP contribution < -0.4 is 0 Å². The number of aliphatic hydroxyl groups excluding tert-OH is 1. The standard InChI is InChI=1S/C11H11ClN2OS/c1-7-13-5-4-9(14-7)10(15)6-8-2-3-11(12)16-8/h2-5,10,15H,6H2,1H3. The molecule has 0 aliphatic heterocycles. The van der Waals surface area contributed by atoms with Crippen LogP contribution in [0.3, 0.4) is 0 Å². The van der Waals surface area contributed by atoms with Crippen LogP contribution in [0.4, 0.5) is 0 Å². The van der Waals surface area contributed by atoms with E-state index in [9.17, 15) is 5.11 Å². The average molecular weight is 255 g/mol. The number of hydrogen-bond donors (Lipinski definition) is 1. The van der Waals surface area contributed by atoms with E-state index in [4.69, 9.17) is 11.6 Å². The minimum absolute atomic E-state index is 0.536. The fourth-order valence-corrected chi connectivity index (χ4v) is 2.54. The Bertz CT molecular complexity index is 486. The van der Waals surface area contributed by atoms with E-state index in [0.29, 0.717) is 17.9 Å². The lowest BCUT2D eigenvalue weighted by molar-refractivity contribution is 0.174. The van der Waals surface area contributed by atoms with Crippen molar-refractivity contribution in [1.29, 1.82) is 0 Å². The smallest absolute Gasteiger partial charge is 0.125 e. The van der Waals surface area contributed by atoms with Crippen LogP contribution in [0.25, 0.3) is 0 Å². The predicted molar refractivity (Wildman–Crippen MR) is 64.8 cm³/mol. The molecular formula is C11H11ClN2OS. The molecule has 0 saturated heterocycles. The van der Waals surface area contributed by atoms with Crippen LogP contribution >= 0.6 is 22.9 Å². The summed E-state index contributed by atoms with van der Waals surface area (Å²) in [6.45, 7) is 1.80. The first-order valence-corrected chi connectivity index (χ1v) is 6.06. The van der Waals surface area contributed by atoms with Crippen molar-refractivity contribution in [3.8, 4) is 0 Å². The second-order valence-corrected chi connectivity index (χ2v) is 5.25. The molecule has 0 saturated carbocycles. The Balaban J connectivity index is 2.11. The second kappa shape index (κ2) is 4.91. The van der Waals surface area contributed by atoms with Gasteiger partial charge in [-0.25, -0.2) is 9.97 Å². The fraction of sp³-hybridized carbons (Fsp3) is 0.273. The van der Waals surface area contributed by atoms with Gasteiger partial charge in [-0.1, -0.05) is 11.6 Å². The molecule has 84 valence electrons. The highest BCUT2D eigenvalue weighted by Gasteiger charge is 2.11. The van der Waals surface area contributed by atoms with Crippen LogP contribution in [0.5, 0.6) is 0 Å². The summed E-state index contributed by atoms with van der Waals surface area (Å²) in [5.74, 6) is 0.667. The molecule has 2 aromatic rings. The summed E-state index contributed by atoms with van der Waals surface area (Å²) >= 11 is 7.30. The number of hydrogen-bond acceptors (Lipinski definition) is 4. The largest absolute Gasteiger partial charge is 0.386 e. The zero-order chi connectivity index (χ0) is 11.5. The molecule has 1 N–H and O–H groups in total. The van der Waals surface area contributed by atoms with Gasteiger partial charge in [-0.05, 0) is 25.1 Å². The molecule has 1 unspecified atom stereocenters. The SMILES string of the molecule is Cc1nccc(C(O)Cc2ccc(Cl)s2)n1. The Hall–Kier alpha value is -0.970. The van der Waals surface area contributed by atoms with E-state index < -0.39 is 6.10 Å². The van der Waals surface area contributed by atoms with Gasteiger partial charge >= 0.3 is 0 Å². The lowest BCUT2D eigenvalue weighted by Gasteiger charge is -2.08. The van der Waals surface area contributed by atoms with Crippen LogP contribution in [-0.4, -0.2) is 15.1 Å². The molecule has 0 aromatic carbocycles. The molecule has 2 heterocycles. The van der Waals surface area contributed by atoms with Crippen molar-refractivity contribution in [2.45, 2.75) is 19.4 Å². The average Bonchev–Trinajstić information content (AvgIpc) is 2.64. The molecule has 0 radical (unpaired) electrons. The van der Waals surface area contributed by atoms with Gasteiger partial charge in [0.15, 0.2) is 0 Å². The molecule has 0 bridgehead atoms. The van der Waals surface area contributed by atoms with Crippen molar-refractivity contribution in [3.05, 3.63) is 45.1 Å². The normalized spacial score (nSPS) is 12.7. The number of thiophene rings is 1. The molecule has 2 rings (SSSR count). The summed E-state index contributed by atoms with van der Waals surface area (Å²) < 4.78 is 0.737.